The van der Waals surface area contributed by atoms with Crippen molar-refractivity contribution in [1.82, 2.24) is 15.0 Å². The highest BCUT2D eigenvalue weighted by atomic mass is 19.1. The van der Waals surface area contributed by atoms with Gasteiger partial charge in [-0.2, -0.15) is 10.1 Å². The fourth-order valence-electron chi connectivity index (χ4n) is 3.93. The number of pyridine rings is 1. The summed E-state index contributed by atoms with van der Waals surface area (Å²) in [4.78, 5) is 14.5. The van der Waals surface area contributed by atoms with E-state index in [1.807, 2.05) is 54.3 Å². The molecule has 0 aliphatic carbocycles. The summed E-state index contributed by atoms with van der Waals surface area (Å²) in [7, 11) is 0. The fourth-order valence-corrected chi connectivity index (χ4v) is 3.93. The van der Waals surface area contributed by atoms with Crippen molar-refractivity contribution in [3.63, 3.8) is 0 Å². The number of phenols is 1. The van der Waals surface area contributed by atoms with E-state index in [0.717, 1.165) is 34.3 Å². The van der Waals surface area contributed by atoms with Gasteiger partial charge in [0.05, 0.1) is 43.2 Å². The van der Waals surface area contributed by atoms with Crippen LogP contribution in [0.15, 0.2) is 72.1 Å². The van der Waals surface area contributed by atoms with E-state index in [4.69, 9.17) is 4.74 Å². The van der Waals surface area contributed by atoms with E-state index in [2.05, 4.69) is 30.8 Å². The first-order chi connectivity index (χ1) is 18.0. The molecule has 0 amide bonds. The Kier molecular flexibility index (Phi) is 7.18. The molecule has 1 aliphatic heterocycles. The number of aromatic hydroxyl groups is 1. The summed E-state index contributed by atoms with van der Waals surface area (Å²) in [5.74, 6) is 0.188. The molecule has 0 saturated carbocycles. The molecule has 5 rings (SSSR count). The number of nitrogens with one attached hydrogen (secondary N) is 2. The number of nitrogens with zero attached hydrogens (tertiary/aromatic N) is 5. The summed E-state index contributed by atoms with van der Waals surface area (Å²) in [6.07, 6.45) is 4.43. The van der Waals surface area contributed by atoms with E-state index in [1.165, 1.54) is 0 Å². The van der Waals surface area contributed by atoms with Crippen LogP contribution in [-0.2, 0) is 4.74 Å². The monoisotopic (exact) mass is 499 g/mol. The van der Waals surface area contributed by atoms with Gasteiger partial charge in [0.15, 0.2) is 11.6 Å². The van der Waals surface area contributed by atoms with Crippen molar-refractivity contribution in [1.29, 1.82) is 0 Å². The molecule has 10 heteroatoms. The quantitative estimate of drug-likeness (QED) is 0.248. The van der Waals surface area contributed by atoms with Gasteiger partial charge in [-0.1, -0.05) is 24.3 Å². The summed E-state index contributed by atoms with van der Waals surface area (Å²) in [5, 5.41) is 17.2. The Labute approximate surface area is 213 Å². The van der Waals surface area contributed by atoms with Crippen molar-refractivity contribution in [2.45, 2.75) is 6.92 Å². The average Bonchev–Trinajstić information content (AvgIpc) is 2.92. The molecule has 37 heavy (non-hydrogen) atoms. The number of halogens is 1. The van der Waals surface area contributed by atoms with Crippen molar-refractivity contribution >= 4 is 29.4 Å². The molecular weight excluding hydrogens is 473 g/mol. The molecule has 0 bridgehead atoms. The lowest BCUT2D eigenvalue weighted by Crippen LogP contribution is -2.37. The Morgan fingerprint density at radius 1 is 1.03 bits per heavy atom. The molecule has 0 radical (unpaired) electrons. The minimum Gasteiger partial charge on any atom is -0.508 e. The van der Waals surface area contributed by atoms with Crippen LogP contribution in [0.5, 0.6) is 5.75 Å². The number of hydrogen-bond donors (Lipinski definition) is 3. The molecule has 3 heterocycles. The fraction of sp³-hybridized carbons (Fsp3) is 0.185. The second-order valence-electron chi connectivity index (χ2n) is 8.51. The molecule has 1 aliphatic rings. The van der Waals surface area contributed by atoms with E-state index >= 15 is 0 Å². The number of anilines is 4. The van der Waals surface area contributed by atoms with E-state index < -0.39 is 5.82 Å². The smallest absolute Gasteiger partial charge is 0.245 e. The first-order valence-corrected chi connectivity index (χ1v) is 11.8. The van der Waals surface area contributed by atoms with Gasteiger partial charge in [0.1, 0.15) is 5.75 Å². The zero-order valence-electron chi connectivity index (χ0n) is 20.2. The van der Waals surface area contributed by atoms with Gasteiger partial charge < -0.3 is 20.1 Å². The van der Waals surface area contributed by atoms with Crippen LogP contribution in [0.4, 0.5) is 27.5 Å². The minimum absolute atomic E-state index is 0.198. The van der Waals surface area contributed by atoms with Gasteiger partial charge in [-0.25, -0.2) is 14.8 Å². The number of aromatic nitrogens is 3. The molecule has 4 aromatic rings. The second-order valence-corrected chi connectivity index (χ2v) is 8.51. The Balaban J connectivity index is 1.21. The molecule has 9 nitrogen and oxygen atoms in total. The van der Waals surface area contributed by atoms with Crippen LogP contribution < -0.4 is 15.6 Å². The predicted octanol–water partition coefficient (Wildman–Crippen LogP) is 4.72. The number of morpholine rings is 1. The lowest BCUT2D eigenvalue weighted by molar-refractivity contribution is 0.122. The molecule has 0 unspecified atom stereocenters. The normalized spacial score (nSPS) is 13.6. The molecule has 0 spiro atoms. The van der Waals surface area contributed by atoms with E-state index in [-0.39, 0.29) is 17.5 Å². The number of hydrogen-bond acceptors (Lipinski definition) is 9. The highest BCUT2D eigenvalue weighted by molar-refractivity contribution is 5.79. The Morgan fingerprint density at radius 2 is 1.84 bits per heavy atom. The van der Waals surface area contributed by atoms with Crippen molar-refractivity contribution in [3.05, 3.63) is 84.1 Å². The van der Waals surface area contributed by atoms with Gasteiger partial charge in [-0.15, -0.1) is 0 Å². The van der Waals surface area contributed by atoms with E-state index in [0.29, 0.717) is 32.0 Å². The lowest BCUT2D eigenvalue weighted by Gasteiger charge is -2.27. The van der Waals surface area contributed by atoms with Gasteiger partial charge in [-0.3, -0.25) is 4.98 Å². The highest BCUT2D eigenvalue weighted by Crippen LogP contribution is 2.26. The second kappa shape index (κ2) is 11.0. The molecular formula is C27H26FN7O2. The zero-order chi connectivity index (χ0) is 25.6. The molecule has 0 atom stereocenters. The topological polar surface area (TPSA) is 108 Å². The summed E-state index contributed by atoms with van der Waals surface area (Å²) in [5.41, 5.74) is 8.12. The largest absolute Gasteiger partial charge is 0.508 e. The lowest BCUT2D eigenvalue weighted by atomic mass is 10.1. The van der Waals surface area contributed by atoms with Crippen LogP contribution in [0.1, 0.15) is 11.3 Å². The van der Waals surface area contributed by atoms with Crippen molar-refractivity contribution in [3.8, 4) is 16.9 Å². The van der Waals surface area contributed by atoms with Crippen LogP contribution in [0.3, 0.4) is 0 Å². The predicted molar refractivity (Wildman–Crippen MR) is 142 cm³/mol. The number of ether oxygens (including phenoxy) is 1. The Hall–Kier alpha value is -4.57. The van der Waals surface area contributed by atoms with Crippen molar-refractivity contribution < 1.29 is 14.2 Å². The standard InChI is InChI=1S/C27H26FN7O2/c1-18-13-22(15-31-34-27-30-16-24(28)26(33-27)35-9-11-37-12-10-35)29-17-25(18)32-21-7-5-19(6-8-21)20-3-2-4-23(36)14-20/h2-8,13-17,32,36H,9-12H2,1H3,(H,30,33,34)/b31-15+. The first kappa shape index (κ1) is 24.1. The number of rotatable bonds is 7. The summed E-state index contributed by atoms with van der Waals surface area (Å²) in [6, 6.07) is 17.0. The van der Waals surface area contributed by atoms with Gasteiger partial charge in [0.25, 0.3) is 0 Å². The van der Waals surface area contributed by atoms with Crippen molar-refractivity contribution in [2.75, 3.05) is 41.9 Å². The van der Waals surface area contributed by atoms with Crippen LogP contribution in [0.2, 0.25) is 0 Å². The van der Waals surface area contributed by atoms with Gasteiger partial charge in [0, 0.05) is 18.8 Å². The number of benzene rings is 2. The average molecular weight is 500 g/mol. The minimum atomic E-state index is -0.481. The van der Waals surface area contributed by atoms with E-state index in [1.54, 1.807) is 24.5 Å². The van der Waals surface area contributed by atoms with Crippen LogP contribution >= 0.6 is 0 Å². The molecule has 188 valence electrons. The van der Waals surface area contributed by atoms with Crippen LogP contribution in [0.25, 0.3) is 11.1 Å². The van der Waals surface area contributed by atoms with Crippen LogP contribution in [0, 0.1) is 12.7 Å². The highest BCUT2D eigenvalue weighted by Gasteiger charge is 2.17. The SMILES string of the molecule is Cc1cc(/C=N/Nc2ncc(F)c(N3CCOCC3)n2)ncc1Nc1ccc(-c2cccc(O)c2)cc1. The third-order valence-electron chi connectivity index (χ3n) is 5.87. The van der Waals surface area contributed by atoms with Gasteiger partial charge >= 0.3 is 0 Å². The number of aryl methyl sites for hydroxylation is 1. The number of phenolic OH excluding ortho intramolecular Hbond substituents is 1. The van der Waals surface area contributed by atoms with E-state index in [9.17, 15) is 9.50 Å². The Bertz CT molecular complexity index is 1410. The summed E-state index contributed by atoms with van der Waals surface area (Å²) >= 11 is 0. The molecule has 3 N–H and O–H groups in total. The molecule has 1 fully saturated rings. The molecule has 2 aromatic carbocycles. The van der Waals surface area contributed by atoms with Crippen LogP contribution in [-0.4, -0.2) is 52.6 Å². The Morgan fingerprint density at radius 3 is 2.59 bits per heavy atom. The third-order valence-corrected chi connectivity index (χ3v) is 5.87. The van der Waals surface area contributed by atoms with Gasteiger partial charge in [0.2, 0.25) is 5.95 Å². The summed E-state index contributed by atoms with van der Waals surface area (Å²) in [6.45, 7) is 4.19. The number of hydrazone groups is 1. The van der Waals surface area contributed by atoms with Gasteiger partial charge in [-0.05, 0) is 53.9 Å². The zero-order valence-corrected chi connectivity index (χ0v) is 20.2. The molecule has 2 aromatic heterocycles. The maximum absolute atomic E-state index is 14.2. The first-order valence-electron chi connectivity index (χ1n) is 11.8. The molecule has 1 saturated heterocycles. The maximum atomic E-state index is 14.2. The maximum Gasteiger partial charge on any atom is 0.245 e. The third kappa shape index (κ3) is 5.99. The summed E-state index contributed by atoms with van der Waals surface area (Å²) < 4.78 is 19.5. The van der Waals surface area contributed by atoms with Crippen molar-refractivity contribution in [2.24, 2.45) is 5.10 Å².